The van der Waals surface area contributed by atoms with Crippen molar-refractivity contribution < 1.29 is 37.0 Å². The molecule has 1 amide bonds. The molecule has 2 rings (SSSR count). The Labute approximate surface area is 165 Å². The van der Waals surface area contributed by atoms with Crippen LogP contribution >= 0.6 is 0 Å². The molecule has 6 nitrogen and oxygen atoms in total. The summed E-state index contributed by atoms with van der Waals surface area (Å²) < 4.78 is 54.1. The average molecular weight is 411 g/mol. The minimum absolute atomic E-state index is 0.128. The van der Waals surface area contributed by atoms with Gasteiger partial charge in [0.05, 0.1) is 24.3 Å². The van der Waals surface area contributed by atoms with Gasteiger partial charge < -0.3 is 19.5 Å². The highest BCUT2D eigenvalue weighted by molar-refractivity contribution is 5.93. The Hall–Kier alpha value is -3.23. The van der Waals surface area contributed by atoms with Crippen LogP contribution in [0.15, 0.2) is 48.5 Å². The van der Waals surface area contributed by atoms with Gasteiger partial charge in [-0.3, -0.25) is 4.79 Å². The van der Waals surface area contributed by atoms with Crippen molar-refractivity contribution in [3.05, 3.63) is 59.7 Å². The van der Waals surface area contributed by atoms with E-state index in [1.165, 1.54) is 6.07 Å². The highest BCUT2D eigenvalue weighted by atomic mass is 19.4. The van der Waals surface area contributed by atoms with Crippen molar-refractivity contribution in [3.63, 3.8) is 0 Å². The average Bonchev–Trinajstić information content (AvgIpc) is 2.70. The molecule has 9 heteroatoms. The Morgan fingerprint density at radius 3 is 2.21 bits per heavy atom. The van der Waals surface area contributed by atoms with Gasteiger partial charge in [0.15, 0.2) is 6.61 Å². The summed E-state index contributed by atoms with van der Waals surface area (Å²) in [5.74, 6) is -0.586. The highest BCUT2D eigenvalue weighted by Crippen LogP contribution is 2.32. The zero-order valence-electron chi connectivity index (χ0n) is 15.6. The number of carbonyl (C=O) groups excluding carboxylic acids is 2. The fourth-order valence-corrected chi connectivity index (χ4v) is 2.33. The summed E-state index contributed by atoms with van der Waals surface area (Å²) in [5.41, 5.74) is -1.76. The molecule has 0 radical (unpaired) electrons. The maximum atomic E-state index is 12.9. The minimum Gasteiger partial charge on any atom is -0.494 e. The lowest BCUT2D eigenvalue weighted by molar-refractivity contribution is -0.138. The van der Waals surface area contributed by atoms with E-state index in [-0.39, 0.29) is 13.2 Å². The first-order valence-corrected chi connectivity index (χ1v) is 8.77. The molecular formula is C20H20F3NO5. The van der Waals surface area contributed by atoms with Crippen molar-refractivity contribution in [2.75, 3.05) is 26.4 Å². The summed E-state index contributed by atoms with van der Waals surface area (Å²) in [4.78, 5) is 23.6. The van der Waals surface area contributed by atoms with Gasteiger partial charge >= 0.3 is 12.1 Å². The molecule has 0 unspecified atom stereocenters. The van der Waals surface area contributed by atoms with Crippen LogP contribution in [0.3, 0.4) is 0 Å². The van der Waals surface area contributed by atoms with Gasteiger partial charge in [-0.05, 0) is 43.3 Å². The molecule has 0 aliphatic heterocycles. The first-order chi connectivity index (χ1) is 13.8. The lowest BCUT2D eigenvalue weighted by Crippen LogP contribution is -2.32. The van der Waals surface area contributed by atoms with Gasteiger partial charge in [-0.25, -0.2) is 4.79 Å². The van der Waals surface area contributed by atoms with E-state index in [0.717, 1.165) is 18.2 Å². The predicted molar refractivity (Wildman–Crippen MR) is 97.8 cm³/mol. The maximum absolute atomic E-state index is 12.9. The van der Waals surface area contributed by atoms with Gasteiger partial charge in [0, 0.05) is 0 Å². The van der Waals surface area contributed by atoms with Crippen molar-refractivity contribution in [1.82, 2.24) is 5.32 Å². The second-order valence-electron chi connectivity index (χ2n) is 5.72. The normalized spacial score (nSPS) is 10.9. The summed E-state index contributed by atoms with van der Waals surface area (Å²) in [5, 5.41) is 2.45. The second-order valence-corrected chi connectivity index (χ2v) is 5.72. The molecule has 2 aromatic carbocycles. The summed E-state index contributed by atoms with van der Waals surface area (Å²) in [7, 11) is 0. The number of halogens is 3. The molecule has 0 saturated heterocycles. The van der Waals surface area contributed by atoms with Crippen LogP contribution in [0, 0.1) is 0 Å². The molecule has 0 aliphatic carbocycles. The number of hydrogen-bond donors (Lipinski definition) is 1. The zero-order chi connectivity index (χ0) is 21.3. The number of esters is 1. The van der Waals surface area contributed by atoms with Gasteiger partial charge in [-0.1, -0.05) is 12.1 Å². The van der Waals surface area contributed by atoms with Crippen molar-refractivity contribution in [2.24, 2.45) is 0 Å². The van der Waals surface area contributed by atoms with E-state index in [1.54, 1.807) is 24.3 Å². The third-order valence-electron chi connectivity index (χ3n) is 3.61. The fourth-order valence-electron chi connectivity index (χ4n) is 2.33. The quantitative estimate of drug-likeness (QED) is 0.505. The fraction of sp³-hybridized carbons (Fsp3) is 0.300. The largest absolute Gasteiger partial charge is 0.494 e. The number of alkyl halides is 3. The van der Waals surface area contributed by atoms with E-state index in [1.807, 2.05) is 6.92 Å². The molecule has 0 fully saturated rings. The van der Waals surface area contributed by atoms with Crippen LogP contribution in [-0.4, -0.2) is 38.2 Å². The molecule has 0 aliphatic rings. The topological polar surface area (TPSA) is 73.9 Å². The summed E-state index contributed by atoms with van der Waals surface area (Å²) in [6.07, 6.45) is -4.70. The number of benzene rings is 2. The lowest BCUT2D eigenvalue weighted by atomic mass is 10.1. The molecule has 0 bridgehead atoms. The van der Waals surface area contributed by atoms with Crippen LogP contribution in [0.25, 0.3) is 0 Å². The van der Waals surface area contributed by atoms with E-state index >= 15 is 0 Å². The standard InChI is InChI=1S/C20H20F3NO5/c1-2-27-14-7-9-15(10-8-14)28-12-11-24-18(25)13-29-19(26)16-5-3-4-6-17(16)20(21,22)23/h3-10H,2,11-13H2,1H3,(H,24,25). The number of rotatable bonds is 9. The number of amides is 1. The van der Waals surface area contributed by atoms with E-state index < -0.39 is 35.8 Å². The van der Waals surface area contributed by atoms with E-state index in [0.29, 0.717) is 18.1 Å². The molecule has 0 heterocycles. The van der Waals surface area contributed by atoms with E-state index in [4.69, 9.17) is 9.47 Å². The predicted octanol–water partition coefficient (Wildman–Crippen LogP) is 3.46. The molecule has 156 valence electrons. The van der Waals surface area contributed by atoms with Crippen LogP contribution in [0.2, 0.25) is 0 Å². The van der Waals surface area contributed by atoms with Crippen molar-refractivity contribution in [2.45, 2.75) is 13.1 Å². The molecular weight excluding hydrogens is 391 g/mol. The third kappa shape index (κ3) is 7.02. The van der Waals surface area contributed by atoms with E-state index in [9.17, 15) is 22.8 Å². The molecule has 2 aromatic rings. The molecule has 0 saturated carbocycles. The van der Waals surface area contributed by atoms with Gasteiger partial charge in [0.2, 0.25) is 0 Å². The molecule has 0 spiro atoms. The lowest BCUT2D eigenvalue weighted by Gasteiger charge is -2.12. The van der Waals surface area contributed by atoms with Gasteiger partial charge in [0.25, 0.3) is 5.91 Å². The highest BCUT2D eigenvalue weighted by Gasteiger charge is 2.35. The molecule has 29 heavy (non-hydrogen) atoms. The zero-order valence-corrected chi connectivity index (χ0v) is 15.6. The Kier molecular flexibility index (Phi) is 7.88. The van der Waals surface area contributed by atoms with Crippen molar-refractivity contribution >= 4 is 11.9 Å². The van der Waals surface area contributed by atoms with Gasteiger partial charge in [-0.15, -0.1) is 0 Å². The number of ether oxygens (including phenoxy) is 3. The number of nitrogens with one attached hydrogen (secondary N) is 1. The number of hydrogen-bond acceptors (Lipinski definition) is 5. The monoisotopic (exact) mass is 411 g/mol. The SMILES string of the molecule is CCOc1ccc(OCCNC(=O)COC(=O)c2ccccc2C(F)(F)F)cc1. The Morgan fingerprint density at radius 1 is 0.966 bits per heavy atom. The van der Waals surface area contributed by atoms with E-state index in [2.05, 4.69) is 10.1 Å². The Morgan fingerprint density at radius 2 is 1.59 bits per heavy atom. The third-order valence-corrected chi connectivity index (χ3v) is 3.61. The Bertz CT molecular complexity index is 822. The van der Waals surface area contributed by atoms with Crippen molar-refractivity contribution in [1.29, 1.82) is 0 Å². The van der Waals surface area contributed by atoms with Gasteiger partial charge in [0.1, 0.15) is 18.1 Å². The minimum atomic E-state index is -4.70. The van der Waals surface area contributed by atoms with Crippen LogP contribution in [-0.2, 0) is 15.7 Å². The van der Waals surface area contributed by atoms with Crippen molar-refractivity contribution in [3.8, 4) is 11.5 Å². The van der Waals surface area contributed by atoms with Crippen LogP contribution in [0.5, 0.6) is 11.5 Å². The first kappa shape index (κ1) is 22.1. The van der Waals surface area contributed by atoms with Crippen LogP contribution in [0.4, 0.5) is 13.2 Å². The molecule has 1 N–H and O–H groups in total. The summed E-state index contributed by atoms with van der Waals surface area (Å²) in [6, 6.07) is 11.1. The maximum Gasteiger partial charge on any atom is 0.417 e. The second kappa shape index (κ2) is 10.4. The summed E-state index contributed by atoms with van der Waals surface area (Å²) in [6.45, 7) is 2.01. The van der Waals surface area contributed by atoms with Gasteiger partial charge in [-0.2, -0.15) is 13.2 Å². The number of carbonyl (C=O) groups is 2. The Balaban J connectivity index is 1.73. The molecule has 0 aromatic heterocycles. The first-order valence-electron chi connectivity index (χ1n) is 8.77. The van der Waals surface area contributed by atoms with Crippen LogP contribution < -0.4 is 14.8 Å². The van der Waals surface area contributed by atoms with Crippen LogP contribution in [0.1, 0.15) is 22.8 Å². The smallest absolute Gasteiger partial charge is 0.417 e. The molecule has 0 atom stereocenters. The summed E-state index contributed by atoms with van der Waals surface area (Å²) >= 11 is 0.